The number of rotatable bonds is 3. The molecular weight excluding hydrogens is 351 g/mol. The van der Waals surface area contributed by atoms with Gasteiger partial charge in [-0.25, -0.2) is 13.8 Å². The van der Waals surface area contributed by atoms with Gasteiger partial charge in [0.25, 0.3) is 5.92 Å². The molecule has 0 saturated carbocycles. The average Bonchev–Trinajstić information content (AvgIpc) is 3.25. The van der Waals surface area contributed by atoms with Crippen LogP contribution in [-0.4, -0.2) is 40.8 Å². The molecule has 2 aliphatic heterocycles. The number of alkyl halides is 2. The predicted molar refractivity (Wildman–Crippen MR) is 100 cm³/mol. The molecule has 0 spiro atoms. The monoisotopic (exact) mass is 375 g/mol. The van der Waals surface area contributed by atoms with Gasteiger partial charge in [0.05, 0.1) is 35.7 Å². The van der Waals surface area contributed by atoms with E-state index in [1.807, 2.05) is 52.0 Å². The maximum absolute atomic E-state index is 13.4. The molecule has 2 aliphatic rings. The molecule has 8 heteroatoms. The highest BCUT2D eigenvalue weighted by molar-refractivity contribution is 6.62. The number of halogens is 2. The van der Waals surface area contributed by atoms with Gasteiger partial charge in [-0.1, -0.05) is 24.3 Å². The summed E-state index contributed by atoms with van der Waals surface area (Å²) in [6.45, 7) is 7.78. The number of benzene rings is 1. The first-order valence-electron chi connectivity index (χ1n) is 9.18. The number of H-pyrrole nitrogens is 1. The Labute approximate surface area is 158 Å². The molecule has 0 aliphatic carbocycles. The molecule has 5 nitrogen and oxygen atoms in total. The molecule has 2 saturated heterocycles. The third-order valence-electron chi connectivity index (χ3n) is 5.78. The fourth-order valence-electron chi connectivity index (χ4n) is 3.37. The summed E-state index contributed by atoms with van der Waals surface area (Å²) in [6, 6.07) is 7.38. The summed E-state index contributed by atoms with van der Waals surface area (Å²) in [5.41, 5.74) is 1.89. The van der Waals surface area contributed by atoms with Crippen LogP contribution in [0.3, 0.4) is 0 Å². The van der Waals surface area contributed by atoms with Gasteiger partial charge in [0.15, 0.2) is 0 Å². The molecule has 3 heterocycles. The lowest BCUT2D eigenvalue weighted by atomic mass is 9.79. The lowest BCUT2D eigenvalue weighted by Gasteiger charge is -2.32. The topological polar surface area (TPSA) is 59.2 Å². The van der Waals surface area contributed by atoms with Crippen LogP contribution in [-0.2, 0) is 9.31 Å². The molecule has 2 aromatic rings. The number of nitrogens with zero attached hydrogens (tertiary/aromatic N) is 1. The second kappa shape index (κ2) is 6.12. The van der Waals surface area contributed by atoms with Crippen molar-refractivity contribution in [3.8, 4) is 11.3 Å². The van der Waals surface area contributed by atoms with E-state index in [0.717, 1.165) is 16.7 Å². The summed E-state index contributed by atoms with van der Waals surface area (Å²) in [5, 5.41) is 2.81. The molecule has 1 aromatic heterocycles. The van der Waals surface area contributed by atoms with Gasteiger partial charge in [0.2, 0.25) is 0 Å². The van der Waals surface area contributed by atoms with Crippen molar-refractivity contribution in [3.05, 3.63) is 36.3 Å². The summed E-state index contributed by atoms with van der Waals surface area (Å²) < 4.78 is 38.9. The van der Waals surface area contributed by atoms with Gasteiger partial charge in [-0.2, -0.15) is 0 Å². The van der Waals surface area contributed by atoms with Crippen LogP contribution in [0.25, 0.3) is 11.3 Å². The van der Waals surface area contributed by atoms with Crippen molar-refractivity contribution in [2.75, 3.05) is 6.54 Å². The first-order chi connectivity index (χ1) is 12.6. The summed E-state index contributed by atoms with van der Waals surface area (Å²) in [7, 11) is -0.411. The highest BCUT2D eigenvalue weighted by atomic mass is 19.3. The molecule has 1 unspecified atom stereocenters. The predicted octanol–water partition coefficient (Wildman–Crippen LogP) is 3.05. The highest BCUT2D eigenvalue weighted by Crippen LogP contribution is 2.37. The molecule has 27 heavy (non-hydrogen) atoms. The third-order valence-corrected chi connectivity index (χ3v) is 5.78. The Balaban J connectivity index is 1.49. The van der Waals surface area contributed by atoms with Crippen molar-refractivity contribution in [3.63, 3.8) is 0 Å². The first kappa shape index (κ1) is 18.6. The van der Waals surface area contributed by atoms with Crippen LogP contribution in [0, 0.1) is 0 Å². The summed E-state index contributed by atoms with van der Waals surface area (Å²) in [5.74, 6) is -2.14. The summed E-state index contributed by atoms with van der Waals surface area (Å²) >= 11 is 0. The van der Waals surface area contributed by atoms with Crippen molar-refractivity contribution in [1.82, 2.24) is 15.3 Å². The van der Waals surface area contributed by atoms with E-state index in [0.29, 0.717) is 5.82 Å². The van der Waals surface area contributed by atoms with Gasteiger partial charge >= 0.3 is 7.12 Å². The Morgan fingerprint density at radius 1 is 1.07 bits per heavy atom. The zero-order valence-electron chi connectivity index (χ0n) is 16.0. The first-order valence-corrected chi connectivity index (χ1v) is 9.18. The lowest BCUT2D eigenvalue weighted by Crippen LogP contribution is -2.41. The maximum Gasteiger partial charge on any atom is 0.494 e. The minimum absolute atomic E-state index is 0.235. The van der Waals surface area contributed by atoms with E-state index in [9.17, 15) is 8.78 Å². The summed E-state index contributed by atoms with van der Waals surface area (Å²) in [6.07, 6.45) is 1.44. The number of aromatic amines is 1. The quantitative estimate of drug-likeness (QED) is 0.810. The SMILES string of the molecule is CC1(C)OB(c2ccc(-c3cnc(C4CC(F)(F)CN4)[nH]3)cc2)OC1(C)C. The highest BCUT2D eigenvalue weighted by Gasteiger charge is 2.51. The molecule has 2 fully saturated rings. The van der Waals surface area contributed by atoms with E-state index in [1.165, 1.54) is 0 Å². The van der Waals surface area contributed by atoms with Gasteiger partial charge in [0.1, 0.15) is 5.82 Å². The Bertz CT molecular complexity index is 820. The van der Waals surface area contributed by atoms with Crippen LogP contribution in [0.4, 0.5) is 8.78 Å². The fourth-order valence-corrected chi connectivity index (χ4v) is 3.37. The Morgan fingerprint density at radius 3 is 2.26 bits per heavy atom. The molecule has 0 amide bonds. The zero-order chi connectivity index (χ0) is 19.4. The Hall–Kier alpha value is -1.77. The molecule has 4 rings (SSSR count). The zero-order valence-corrected chi connectivity index (χ0v) is 16.0. The van der Waals surface area contributed by atoms with Crippen molar-refractivity contribution >= 4 is 12.6 Å². The third kappa shape index (κ3) is 3.41. The van der Waals surface area contributed by atoms with Gasteiger partial charge in [-0.05, 0) is 38.7 Å². The molecular formula is C19H24BF2N3O2. The largest absolute Gasteiger partial charge is 0.494 e. The molecule has 144 valence electrons. The van der Waals surface area contributed by atoms with E-state index < -0.39 is 19.1 Å². The molecule has 2 N–H and O–H groups in total. The normalized spacial score (nSPS) is 25.9. The maximum atomic E-state index is 13.4. The van der Waals surface area contributed by atoms with Gasteiger partial charge in [0, 0.05) is 6.42 Å². The average molecular weight is 375 g/mol. The Morgan fingerprint density at radius 2 is 1.70 bits per heavy atom. The smallest absolute Gasteiger partial charge is 0.399 e. The second-order valence-corrected chi connectivity index (χ2v) is 8.39. The van der Waals surface area contributed by atoms with E-state index in [2.05, 4.69) is 15.3 Å². The van der Waals surface area contributed by atoms with Gasteiger partial charge in [-0.15, -0.1) is 0 Å². The number of hydrogen-bond donors (Lipinski definition) is 2. The lowest BCUT2D eigenvalue weighted by molar-refractivity contribution is 0.00578. The molecule has 0 bridgehead atoms. The van der Waals surface area contributed by atoms with Crippen molar-refractivity contribution in [2.45, 2.75) is 57.3 Å². The molecule has 0 radical (unpaired) electrons. The number of hydrogen-bond acceptors (Lipinski definition) is 4. The van der Waals surface area contributed by atoms with E-state index in [1.54, 1.807) is 6.20 Å². The van der Waals surface area contributed by atoms with Crippen LogP contribution >= 0.6 is 0 Å². The van der Waals surface area contributed by atoms with Crippen LogP contribution in [0.1, 0.15) is 46.0 Å². The van der Waals surface area contributed by atoms with Gasteiger partial charge in [-0.3, -0.25) is 0 Å². The van der Waals surface area contributed by atoms with Crippen molar-refractivity contribution in [2.24, 2.45) is 0 Å². The van der Waals surface area contributed by atoms with Gasteiger partial charge < -0.3 is 19.6 Å². The fraction of sp³-hybridized carbons (Fsp3) is 0.526. The standard InChI is InChI=1S/C19H24BF2N3O2/c1-17(2)18(3,4)27-20(26-17)13-7-5-12(6-8-13)15-10-23-16(25-15)14-9-19(21,22)11-24-14/h5-8,10,14,24H,9,11H2,1-4H3,(H,23,25). The minimum Gasteiger partial charge on any atom is -0.399 e. The van der Waals surface area contributed by atoms with Crippen LogP contribution < -0.4 is 10.8 Å². The van der Waals surface area contributed by atoms with Crippen molar-refractivity contribution < 1.29 is 18.1 Å². The van der Waals surface area contributed by atoms with E-state index >= 15 is 0 Å². The van der Waals surface area contributed by atoms with Crippen LogP contribution in [0.2, 0.25) is 0 Å². The van der Waals surface area contributed by atoms with E-state index in [-0.39, 0.29) is 24.2 Å². The van der Waals surface area contributed by atoms with Crippen LogP contribution in [0.15, 0.2) is 30.5 Å². The van der Waals surface area contributed by atoms with Crippen LogP contribution in [0.5, 0.6) is 0 Å². The number of imidazole rings is 1. The van der Waals surface area contributed by atoms with Crippen molar-refractivity contribution in [1.29, 1.82) is 0 Å². The molecule has 1 aromatic carbocycles. The minimum atomic E-state index is -2.68. The number of nitrogens with one attached hydrogen (secondary N) is 2. The summed E-state index contributed by atoms with van der Waals surface area (Å²) in [4.78, 5) is 7.43. The number of aromatic nitrogens is 2. The second-order valence-electron chi connectivity index (χ2n) is 8.39. The van der Waals surface area contributed by atoms with E-state index in [4.69, 9.17) is 9.31 Å². The molecule has 1 atom stereocenters. The Kier molecular flexibility index (Phi) is 4.21.